The number of aromatic nitrogens is 4. The Morgan fingerprint density at radius 2 is 1.60 bits per heavy atom. The molecular weight excluding hydrogens is 252 g/mol. The van der Waals surface area contributed by atoms with Crippen LogP contribution in [0.1, 0.15) is 0 Å². The van der Waals surface area contributed by atoms with Gasteiger partial charge in [-0.3, -0.25) is 0 Å². The van der Waals surface area contributed by atoms with Crippen molar-refractivity contribution in [2.75, 3.05) is 6.61 Å². The van der Waals surface area contributed by atoms with Gasteiger partial charge >= 0.3 is 0 Å². The second-order valence-corrected chi connectivity index (χ2v) is 4.24. The fraction of sp³-hybridized carbons (Fsp3) is 0.133. The minimum atomic E-state index is 0.509. The van der Waals surface area contributed by atoms with Crippen molar-refractivity contribution in [3.05, 3.63) is 60.7 Å². The molecule has 100 valence electrons. The van der Waals surface area contributed by atoms with E-state index in [9.17, 15) is 0 Å². The van der Waals surface area contributed by atoms with Crippen molar-refractivity contribution < 1.29 is 4.74 Å². The van der Waals surface area contributed by atoms with E-state index in [1.54, 1.807) is 4.80 Å². The SMILES string of the molecule is c1ccc(OCCn2nnc(-c3ccccc3)n2)cc1. The summed E-state index contributed by atoms with van der Waals surface area (Å²) in [6, 6.07) is 19.5. The highest BCUT2D eigenvalue weighted by Gasteiger charge is 2.04. The minimum Gasteiger partial charge on any atom is -0.492 e. The molecule has 0 radical (unpaired) electrons. The van der Waals surface area contributed by atoms with Gasteiger partial charge in [-0.1, -0.05) is 48.5 Å². The Balaban J connectivity index is 1.58. The van der Waals surface area contributed by atoms with E-state index in [4.69, 9.17) is 4.74 Å². The maximum atomic E-state index is 5.60. The van der Waals surface area contributed by atoms with Crippen LogP contribution in [0.15, 0.2) is 60.7 Å². The number of nitrogens with zero attached hydrogens (tertiary/aromatic N) is 4. The highest BCUT2D eigenvalue weighted by Crippen LogP contribution is 2.12. The lowest BCUT2D eigenvalue weighted by atomic mass is 10.2. The zero-order valence-electron chi connectivity index (χ0n) is 10.9. The van der Waals surface area contributed by atoms with E-state index in [0.29, 0.717) is 19.0 Å². The summed E-state index contributed by atoms with van der Waals surface area (Å²) in [6.45, 7) is 1.07. The van der Waals surface area contributed by atoms with Gasteiger partial charge in [0.2, 0.25) is 5.82 Å². The van der Waals surface area contributed by atoms with Gasteiger partial charge in [-0.15, -0.1) is 10.2 Å². The van der Waals surface area contributed by atoms with Crippen molar-refractivity contribution in [3.63, 3.8) is 0 Å². The van der Waals surface area contributed by atoms with Crippen LogP contribution in [0.25, 0.3) is 11.4 Å². The Morgan fingerprint density at radius 3 is 2.35 bits per heavy atom. The molecule has 0 unspecified atom stereocenters. The van der Waals surface area contributed by atoms with E-state index in [0.717, 1.165) is 11.3 Å². The van der Waals surface area contributed by atoms with Crippen molar-refractivity contribution in [1.82, 2.24) is 20.2 Å². The van der Waals surface area contributed by atoms with Gasteiger partial charge in [-0.2, -0.15) is 4.80 Å². The van der Waals surface area contributed by atoms with E-state index in [1.165, 1.54) is 0 Å². The van der Waals surface area contributed by atoms with E-state index in [1.807, 2.05) is 60.7 Å². The number of benzene rings is 2. The Hall–Kier alpha value is -2.69. The monoisotopic (exact) mass is 266 g/mol. The molecule has 3 rings (SSSR count). The zero-order valence-corrected chi connectivity index (χ0v) is 10.9. The predicted octanol–water partition coefficient (Wildman–Crippen LogP) is 2.42. The molecule has 5 heteroatoms. The normalized spacial score (nSPS) is 10.4. The molecule has 0 N–H and O–H groups in total. The number of hydrogen-bond acceptors (Lipinski definition) is 4. The summed E-state index contributed by atoms with van der Waals surface area (Å²) in [5, 5.41) is 12.4. The Bertz CT molecular complexity index is 652. The number of para-hydroxylation sites is 1. The number of ether oxygens (including phenoxy) is 1. The van der Waals surface area contributed by atoms with Crippen LogP contribution in [0.4, 0.5) is 0 Å². The fourth-order valence-corrected chi connectivity index (χ4v) is 1.80. The van der Waals surface area contributed by atoms with Crippen LogP contribution < -0.4 is 4.74 Å². The molecule has 0 aliphatic heterocycles. The molecule has 1 aromatic heterocycles. The average molecular weight is 266 g/mol. The summed E-state index contributed by atoms with van der Waals surface area (Å²) < 4.78 is 5.60. The molecular formula is C15H14N4O. The van der Waals surface area contributed by atoms with Crippen molar-refractivity contribution in [2.45, 2.75) is 6.54 Å². The predicted molar refractivity (Wildman–Crippen MR) is 75.2 cm³/mol. The minimum absolute atomic E-state index is 0.509. The molecule has 1 heterocycles. The highest BCUT2D eigenvalue weighted by molar-refractivity contribution is 5.52. The lowest BCUT2D eigenvalue weighted by Crippen LogP contribution is -2.11. The van der Waals surface area contributed by atoms with E-state index in [-0.39, 0.29) is 0 Å². The van der Waals surface area contributed by atoms with Crippen molar-refractivity contribution >= 4 is 0 Å². The quantitative estimate of drug-likeness (QED) is 0.711. The second kappa shape index (κ2) is 5.97. The number of hydrogen-bond donors (Lipinski definition) is 0. The molecule has 3 aromatic rings. The smallest absolute Gasteiger partial charge is 0.204 e. The molecule has 2 aromatic carbocycles. The van der Waals surface area contributed by atoms with Gasteiger partial charge in [0.1, 0.15) is 12.4 Å². The highest BCUT2D eigenvalue weighted by atomic mass is 16.5. The maximum Gasteiger partial charge on any atom is 0.204 e. The molecule has 5 nitrogen and oxygen atoms in total. The molecule has 0 bridgehead atoms. The van der Waals surface area contributed by atoms with E-state index < -0.39 is 0 Å². The van der Waals surface area contributed by atoms with Gasteiger partial charge in [-0.05, 0) is 17.3 Å². The first-order chi connectivity index (χ1) is 9.92. The first-order valence-corrected chi connectivity index (χ1v) is 6.43. The summed E-state index contributed by atoms with van der Waals surface area (Å²) in [7, 11) is 0. The molecule has 0 amide bonds. The summed E-state index contributed by atoms with van der Waals surface area (Å²) in [4.78, 5) is 1.55. The molecule has 0 fully saturated rings. The molecule has 0 atom stereocenters. The number of rotatable bonds is 5. The topological polar surface area (TPSA) is 52.8 Å². The first-order valence-electron chi connectivity index (χ1n) is 6.43. The summed E-state index contributed by atoms with van der Waals surface area (Å²) in [6.07, 6.45) is 0. The Labute approximate surface area is 116 Å². The van der Waals surface area contributed by atoms with Gasteiger partial charge in [0.15, 0.2) is 0 Å². The summed E-state index contributed by atoms with van der Waals surface area (Å²) in [5.41, 5.74) is 0.961. The van der Waals surface area contributed by atoms with Crippen LogP contribution >= 0.6 is 0 Å². The summed E-state index contributed by atoms with van der Waals surface area (Å²) in [5.74, 6) is 1.47. The third kappa shape index (κ3) is 3.00. The van der Waals surface area contributed by atoms with Gasteiger partial charge in [-0.25, -0.2) is 0 Å². The average Bonchev–Trinajstić information content (AvgIpc) is 2.98. The molecule has 0 spiro atoms. The lowest BCUT2D eigenvalue weighted by Gasteiger charge is -2.04. The standard InChI is InChI=1S/C15H14N4O/c1-3-7-13(8-4-1)15-16-18-19(17-15)11-12-20-14-9-5-2-6-10-14/h1-10H,11-12H2. The first kappa shape index (κ1) is 12.3. The van der Waals surface area contributed by atoms with Crippen LogP contribution in [-0.2, 0) is 6.54 Å². The van der Waals surface area contributed by atoms with Crippen molar-refractivity contribution in [3.8, 4) is 17.1 Å². The van der Waals surface area contributed by atoms with Crippen LogP contribution in [-0.4, -0.2) is 26.8 Å². The molecule has 0 saturated carbocycles. The van der Waals surface area contributed by atoms with Gasteiger partial charge in [0.25, 0.3) is 0 Å². The zero-order chi connectivity index (χ0) is 13.6. The van der Waals surface area contributed by atoms with Crippen molar-refractivity contribution in [2.24, 2.45) is 0 Å². The largest absolute Gasteiger partial charge is 0.492 e. The van der Waals surface area contributed by atoms with Crippen LogP contribution in [0.5, 0.6) is 5.75 Å². The summed E-state index contributed by atoms with van der Waals surface area (Å²) >= 11 is 0. The Morgan fingerprint density at radius 1 is 0.900 bits per heavy atom. The third-order valence-electron chi connectivity index (χ3n) is 2.79. The van der Waals surface area contributed by atoms with Crippen LogP contribution in [0.3, 0.4) is 0 Å². The fourth-order valence-electron chi connectivity index (χ4n) is 1.80. The van der Waals surface area contributed by atoms with E-state index in [2.05, 4.69) is 15.4 Å². The van der Waals surface area contributed by atoms with Crippen molar-refractivity contribution in [1.29, 1.82) is 0 Å². The van der Waals surface area contributed by atoms with Gasteiger partial charge in [0, 0.05) is 5.56 Å². The number of tetrazole rings is 1. The molecule has 0 aliphatic carbocycles. The van der Waals surface area contributed by atoms with Gasteiger partial charge < -0.3 is 4.74 Å². The van der Waals surface area contributed by atoms with Gasteiger partial charge in [0.05, 0.1) is 6.54 Å². The third-order valence-corrected chi connectivity index (χ3v) is 2.79. The lowest BCUT2D eigenvalue weighted by molar-refractivity contribution is 0.280. The van der Waals surface area contributed by atoms with Crippen LogP contribution in [0, 0.1) is 0 Å². The second-order valence-electron chi connectivity index (χ2n) is 4.24. The molecule has 0 aliphatic rings. The molecule has 0 saturated heterocycles. The van der Waals surface area contributed by atoms with Crippen LogP contribution in [0.2, 0.25) is 0 Å². The molecule has 20 heavy (non-hydrogen) atoms. The Kier molecular flexibility index (Phi) is 3.68. The van der Waals surface area contributed by atoms with E-state index >= 15 is 0 Å². The maximum absolute atomic E-state index is 5.60.